The summed E-state index contributed by atoms with van der Waals surface area (Å²) in [5, 5.41) is 0. The Morgan fingerprint density at radius 2 is 1.91 bits per heavy atom. The minimum Gasteiger partial charge on any atom is -0.0917 e. The van der Waals surface area contributed by atoms with Crippen LogP contribution in [0.25, 0.3) is 0 Å². The lowest BCUT2D eigenvalue weighted by Crippen LogP contribution is -1.93. The summed E-state index contributed by atoms with van der Waals surface area (Å²) in [4.78, 5) is 0. The summed E-state index contributed by atoms with van der Waals surface area (Å²) in [6, 6.07) is 0. The molecule has 0 N–H and O–H groups in total. The molecule has 2 saturated carbocycles. The van der Waals surface area contributed by atoms with Crippen molar-refractivity contribution >= 4 is 0 Å². The van der Waals surface area contributed by atoms with E-state index in [1.165, 1.54) is 24.7 Å². The molecular formula is C11H20. The van der Waals surface area contributed by atoms with Gasteiger partial charge in [-0.2, -0.15) is 0 Å². The van der Waals surface area contributed by atoms with Crippen LogP contribution in [0.3, 0.4) is 0 Å². The maximum absolute atomic E-state index is 2.18. The lowest BCUT2D eigenvalue weighted by atomic mass is 10.0. The van der Waals surface area contributed by atoms with Crippen LogP contribution in [-0.4, -0.2) is 0 Å². The van der Waals surface area contributed by atoms with Crippen molar-refractivity contribution in [1.82, 2.24) is 0 Å². The van der Waals surface area contributed by atoms with Gasteiger partial charge in [-0.1, -0.05) is 25.5 Å². The molecule has 0 heteroatoms. The van der Waals surface area contributed by atoms with Gasteiger partial charge in [-0.3, -0.25) is 0 Å². The van der Waals surface area contributed by atoms with Crippen LogP contribution in [0.4, 0.5) is 0 Å². The van der Waals surface area contributed by atoms with Crippen LogP contribution in [0.15, 0.2) is 12.2 Å². The highest BCUT2D eigenvalue weighted by atomic mass is 14.5. The van der Waals surface area contributed by atoms with E-state index in [1.807, 2.05) is 0 Å². The van der Waals surface area contributed by atoms with Crippen LogP contribution < -0.4 is 0 Å². The lowest BCUT2D eigenvalue weighted by Gasteiger charge is -2.04. The fraction of sp³-hybridized carbons (Fsp3) is 0.818. The topological polar surface area (TPSA) is 0 Å². The minimum atomic E-state index is 1.23. The smallest absolute Gasteiger partial charge is 0.0353 e. The van der Waals surface area contributed by atoms with Gasteiger partial charge in [-0.25, -0.2) is 0 Å². The normalized spacial score (nSPS) is 31.8. The highest BCUT2D eigenvalue weighted by Gasteiger charge is 2.44. The van der Waals surface area contributed by atoms with Crippen LogP contribution in [0.1, 0.15) is 46.0 Å². The van der Waals surface area contributed by atoms with Crippen molar-refractivity contribution in [1.29, 1.82) is 0 Å². The Labute approximate surface area is 70.7 Å². The lowest BCUT2D eigenvalue weighted by molar-refractivity contribution is 0.468. The van der Waals surface area contributed by atoms with Gasteiger partial charge in [-0.15, -0.1) is 0 Å². The monoisotopic (exact) mass is 152 g/mol. The molecule has 0 bridgehead atoms. The summed E-state index contributed by atoms with van der Waals surface area (Å²) in [5.41, 5.74) is 0. The first-order chi connectivity index (χ1) is 5.38. The Morgan fingerprint density at radius 3 is 2.00 bits per heavy atom. The van der Waals surface area contributed by atoms with E-state index in [0.717, 1.165) is 0 Å². The van der Waals surface area contributed by atoms with E-state index in [1.54, 1.807) is 19.3 Å². The van der Waals surface area contributed by atoms with Crippen LogP contribution in [-0.2, 0) is 0 Å². The van der Waals surface area contributed by atoms with Crippen molar-refractivity contribution in [3.05, 3.63) is 12.2 Å². The largest absolute Gasteiger partial charge is 0.0917 e. The van der Waals surface area contributed by atoms with Crippen molar-refractivity contribution < 1.29 is 0 Å². The van der Waals surface area contributed by atoms with Crippen molar-refractivity contribution in [3.8, 4) is 0 Å². The van der Waals surface area contributed by atoms with Gasteiger partial charge in [0.2, 0.25) is 0 Å². The summed E-state index contributed by atoms with van der Waals surface area (Å²) >= 11 is 0. The van der Waals surface area contributed by atoms with E-state index in [9.17, 15) is 0 Å². The molecule has 2 aliphatic carbocycles. The van der Waals surface area contributed by atoms with E-state index < -0.39 is 0 Å². The summed E-state index contributed by atoms with van der Waals surface area (Å²) < 4.78 is 0. The third-order valence-electron chi connectivity index (χ3n) is 2.67. The molecule has 0 aliphatic heterocycles. The van der Waals surface area contributed by atoms with Gasteiger partial charge in [0.15, 0.2) is 0 Å². The SMILES string of the molecule is C1CC2CC12.CC=CCCC. The van der Waals surface area contributed by atoms with Crippen molar-refractivity contribution in [2.75, 3.05) is 0 Å². The van der Waals surface area contributed by atoms with Gasteiger partial charge in [-0.05, 0) is 44.4 Å². The maximum Gasteiger partial charge on any atom is -0.0353 e. The van der Waals surface area contributed by atoms with Crippen molar-refractivity contribution in [3.63, 3.8) is 0 Å². The van der Waals surface area contributed by atoms with Gasteiger partial charge in [0.25, 0.3) is 0 Å². The molecule has 0 heterocycles. The van der Waals surface area contributed by atoms with Crippen LogP contribution in [0.5, 0.6) is 0 Å². The van der Waals surface area contributed by atoms with E-state index in [0.29, 0.717) is 0 Å². The van der Waals surface area contributed by atoms with Gasteiger partial charge < -0.3 is 0 Å². The number of hydrogen-bond acceptors (Lipinski definition) is 0. The number of unbranched alkanes of at least 4 members (excludes halogenated alkanes) is 1. The molecule has 0 radical (unpaired) electrons. The summed E-state index contributed by atoms with van der Waals surface area (Å²) in [5.74, 6) is 2.46. The maximum atomic E-state index is 2.18. The Balaban J connectivity index is 0.000000110. The van der Waals surface area contributed by atoms with Gasteiger partial charge in [0.05, 0.1) is 0 Å². The number of allylic oxidation sites excluding steroid dienone is 2. The first kappa shape index (κ1) is 8.83. The molecule has 0 aromatic rings. The third kappa shape index (κ3) is 3.09. The fourth-order valence-electron chi connectivity index (χ4n) is 1.52. The molecular weight excluding hydrogens is 132 g/mol. The van der Waals surface area contributed by atoms with Gasteiger partial charge in [0.1, 0.15) is 0 Å². The molecule has 0 aromatic heterocycles. The second-order valence-corrected chi connectivity index (χ2v) is 3.69. The first-order valence-electron chi connectivity index (χ1n) is 4.99. The quantitative estimate of drug-likeness (QED) is 0.528. The Bertz CT molecular complexity index is 112. The zero-order chi connectivity index (χ0) is 8.10. The summed E-state index contributed by atoms with van der Waals surface area (Å²) in [7, 11) is 0. The van der Waals surface area contributed by atoms with Gasteiger partial charge in [0, 0.05) is 0 Å². The van der Waals surface area contributed by atoms with Gasteiger partial charge >= 0.3 is 0 Å². The molecule has 0 aromatic carbocycles. The van der Waals surface area contributed by atoms with E-state index in [4.69, 9.17) is 0 Å². The molecule has 0 saturated heterocycles. The summed E-state index contributed by atoms with van der Waals surface area (Å²) in [6.07, 6.45) is 11.5. The Morgan fingerprint density at radius 1 is 1.27 bits per heavy atom. The third-order valence-corrected chi connectivity index (χ3v) is 2.67. The molecule has 64 valence electrons. The average Bonchev–Trinajstić information content (AvgIpc) is 2.56. The zero-order valence-electron chi connectivity index (χ0n) is 7.84. The zero-order valence-corrected chi connectivity index (χ0v) is 7.84. The number of fused-ring (bicyclic) bond motifs is 1. The van der Waals surface area contributed by atoms with Crippen LogP contribution in [0.2, 0.25) is 0 Å². The van der Waals surface area contributed by atoms with Crippen molar-refractivity contribution in [2.45, 2.75) is 46.0 Å². The van der Waals surface area contributed by atoms with E-state index in [2.05, 4.69) is 26.0 Å². The fourth-order valence-corrected chi connectivity index (χ4v) is 1.52. The molecule has 0 spiro atoms. The van der Waals surface area contributed by atoms with Crippen LogP contribution >= 0.6 is 0 Å². The number of rotatable bonds is 2. The standard InChI is InChI=1S/C6H12.C5H8/c1-3-5-6-4-2;1-2-5-3-4(1)5/h3,5H,4,6H2,1-2H3;4-5H,1-3H2. The Hall–Kier alpha value is -0.260. The molecule has 2 atom stereocenters. The number of hydrogen-bond donors (Lipinski definition) is 0. The minimum absolute atomic E-state index is 1.23. The molecule has 0 nitrogen and oxygen atoms in total. The van der Waals surface area contributed by atoms with Crippen molar-refractivity contribution in [2.24, 2.45) is 11.8 Å². The molecule has 2 aliphatic rings. The van der Waals surface area contributed by atoms with E-state index in [-0.39, 0.29) is 0 Å². The molecule has 0 amide bonds. The molecule has 11 heavy (non-hydrogen) atoms. The molecule has 2 rings (SSSR count). The molecule has 2 fully saturated rings. The van der Waals surface area contributed by atoms with E-state index >= 15 is 0 Å². The van der Waals surface area contributed by atoms with Crippen LogP contribution in [0, 0.1) is 11.8 Å². The second-order valence-electron chi connectivity index (χ2n) is 3.69. The Kier molecular flexibility index (Phi) is 3.68. The average molecular weight is 152 g/mol. The predicted molar refractivity (Wildman–Crippen MR) is 50.6 cm³/mol. The highest BCUT2D eigenvalue weighted by Crippen LogP contribution is 2.55. The molecule has 2 unspecified atom stereocenters. The predicted octanol–water partition coefficient (Wildman–Crippen LogP) is 3.78. The summed E-state index contributed by atoms with van der Waals surface area (Å²) in [6.45, 7) is 4.23. The second kappa shape index (κ2) is 4.58. The highest BCUT2D eigenvalue weighted by molar-refractivity contribution is 4.95. The first-order valence-corrected chi connectivity index (χ1v) is 4.99.